The Balaban J connectivity index is 1.54. The molecule has 0 spiro atoms. The van der Waals surface area contributed by atoms with E-state index in [0.717, 1.165) is 42.7 Å². The summed E-state index contributed by atoms with van der Waals surface area (Å²) in [5.41, 5.74) is 5.16. The fourth-order valence-corrected chi connectivity index (χ4v) is 6.51. The van der Waals surface area contributed by atoms with Crippen molar-refractivity contribution in [3.05, 3.63) is 57.3 Å². The van der Waals surface area contributed by atoms with E-state index in [2.05, 4.69) is 5.32 Å². The van der Waals surface area contributed by atoms with Crippen LogP contribution in [0.25, 0.3) is 0 Å². The Morgan fingerprint density at radius 3 is 2.49 bits per heavy atom. The summed E-state index contributed by atoms with van der Waals surface area (Å²) in [4.78, 5) is 29.5. The largest absolute Gasteiger partial charge is 0.416 e. The molecule has 2 aromatic rings. The van der Waals surface area contributed by atoms with E-state index in [1.54, 1.807) is 29.2 Å². The number of nitrogens with two attached hydrogens (primary N) is 1. The van der Waals surface area contributed by atoms with Crippen molar-refractivity contribution in [2.24, 2.45) is 11.7 Å². The molecule has 2 fully saturated rings. The molecule has 4 rings (SSSR count). The van der Waals surface area contributed by atoms with E-state index in [1.807, 2.05) is 17.5 Å². The lowest BCUT2D eigenvalue weighted by Crippen LogP contribution is -2.55. The number of nitrogens with zero attached hydrogens (tertiary/aromatic N) is 1. The first-order valence-electron chi connectivity index (χ1n) is 13.1. The summed E-state index contributed by atoms with van der Waals surface area (Å²) in [5.74, 6) is -0.0356. The van der Waals surface area contributed by atoms with E-state index < -0.39 is 23.2 Å². The maximum Gasteiger partial charge on any atom is 0.416 e. The summed E-state index contributed by atoms with van der Waals surface area (Å²) >= 11 is 1.54. The molecule has 1 atom stereocenters. The van der Waals surface area contributed by atoms with Crippen LogP contribution in [0.15, 0.2) is 35.7 Å². The van der Waals surface area contributed by atoms with Crippen molar-refractivity contribution in [1.29, 1.82) is 0 Å². The molecule has 1 saturated heterocycles. The predicted molar refractivity (Wildman–Crippen MR) is 139 cm³/mol. The molecule has 1 aromatic carbocycles. The number of amides is 2. The Morgan fingerprint density at radius 2 is 1.86 bits per heavy atom. The average Bonchev–Trinajstić information content (AvgIpc) is 3.39. The van der Waals surface area contributed by atoms with Gasteiger partial charge in [-0.15, -0.1) is 11.3 Å². The number of aryl methyl sites for hydroxylation is 1. The summed E-state index contributed by atoms with van der Waals surface area (Å²) in [6.45, 7) is 2.69. The molecule has 1 aromatic heterocycles. The second-order valence-electron chi connectivity index (χ2n) is 10.6. The third kappa shape index (κ3) is 6.55. The molecule has 2 aliphatic rings. The molecule has 37 heavy (non-hydrogen) atoms. The third-order valence-electron chi connectivity index (χ3n) is 7.92. The van der Waals surface area contributed by atoms with Crippen LogP contribution in [0, 0.1) is 12.8 Å². The highest BCUT2D eigenvalue weighted by atomic mass is 32.1. The SMILES string of the molecule is Cc1cc(C(F)(F)F)cc(C2(C(=O)NCC3CCCCC3)CCN(C(=O)[C@@H](N)Cc3cccs3)CC2)c1. The number of carbonyl (C=O) groups is 2. The van der Waals surface area contributed by atoms with Gasteiger partial charge < -0.3 is 16.0 Å². The minimum Gasteiger partial charge on any atom is -0.355 e. The van der Waals surface area contributed by atoms with Crippen molar-refractivity contribution in [3.8, 4) is 0 Å². The molecule has 0 unspecified atom stereocenters. The predicted octanol–water partition coefficient (Wildman–Crippen LogP) is 5.20. The van der Waals surface area contributed by atoms with Gasteiger partial charge in [-0.2, -0.15) is 13.2 Å². The molecular formula is C28H36F3N3O2S. The van der Waals surface area contributed by atoms with Gasteiger partial charge in [-0.25, -0.2) is 0 Å². The topological polar surface area (TPSA) is 75.4 Å². The van der Waals surface area contributed by atoms with Crippen LogP contribution in [0.4, 0.5) is 13.2 Å². The quantitative estimate of drug-likeness (QED) is 0.512. The summed E-state index contributed by atoms with van der Waals surface area (Å²) in [6.07, 6.45) is 2.03. The average molecular weight is 536 g/mol. The Hall–Kier alpha value is -2.39. The van der Waals surface area contributed by atoms with Gasteiger partial charge in [-0.1, -0.05) is 37.0 Å². The van der Waals surface area contributed by atoms with Gasteiger partial charge in [0.15, 0.2) is 0 Å². The van der Waals surface area contributed by atoms with Crippen LogP contribution in [0.1, 0.15) is 66.5 Å². The highest BCUT2D eigenvalue weighted by molar-refractivity contribution is 7.09. The van der Waals surface area contributed by atoms with E-state index in [4.69, 9.17) is 5.73 Å². The smallest absolute Gasteiger partial charge is 0.355 e. The lowest BCUT2D eigenvalue weighted by molar-refractivity contribution is -0.138. The number of thiophene rings is 1. The van der Waals surface area contributed by atoms with E-state index >= 15 is 0 Å². The van der Waals surface area contributed by atoms with Crippen LogP contribution >= 0.6 is 11.3 Å². The number of hydrogen-bond acceptors (Lipinski definition) is 4. The molecule has 2 heterocycles. The number of carbonyl (C=O) groups excluding carboxylic acids is 2. The van der Waals surface area contributed by atoms with Crippen LogP contribution in [0.5, 0.6) is 0 Å². The minimum absolute atomic E-state index is 0.190. The van der Waals surface area contributed by atoms with Crippen molar-refractivity contribution in [2.75, 3.05) is 19.6 Å². The monoisotopic (exact) mass is 535 g/mol. The molecule has 0 radical (unpaired) electrons. The van der Waals surface area contributed by atoms with Gasteiger partial charge in [0.2, 0.25) is 11.8 Å². The number of nitrogens with one attached hydrogen (secondary N) is 1. The van der Waals surface area contributed by atoms with Crippen molar-refractivity contribution in [3.63, 3.8) is 0 Å². The molecule has 5 nitrogen and oxygen atoms in total. The number of halogens is 3. The first-order chi connectivity index (χ1) is 17.6. The standard InChI is InChI=1S/C28H36F3N3O2S/c1-19-14-21(16-22(15-19)28(29,30)31)27(26(36)33-18-20-6-3-2-4-7-20)9-11-34(12-10-27)25(35)24(32)17-23-8-5-13-37-23/h5,8,13-16,20,24H,2-4,6-7,9-12,17-18,32H2,1H3,(H,33,36)/t24-/m0/s1. The molecule has 202 valence electrons. The highest BCUT2D eigenvalue weighted by Crippen LogP contribution is 2.40. The number of rotatable bonds is 7. The van der Waals surface area contributed by atoms with E-state index in [9.17, 15) is 22.8 Å². The second kappa shape index (κ2) is 11.6. The summed E-state index contributed by atoms with van der Waals surface area (Å²) in [7, 11) is 0. The zero-order valence-corrected chi connectivity index (χ0v) is 22.1. The molecule has 3 N–H and O–H groups in total. The number of piperidine rings is 1. The number of hydrogen-bond donors (Lipinski definition) is 2. The summed E-state index contributed by atoms with van der Waals surface area (Å²) < 4.78 is 41.0. The lowest BCUT2D eigenvalue weighted by Gasteiger charge is -2.42. The van der Waals surface area contributed by atoms with Gasteiger partial charge in [-0.05, 0) is 67.7 Å². The fourth-order valence-electron chi connectivity index (χ4n) is 5.74. The molecule has 1 aliphatic carbocycles. The summed E-state index contributed by atoms with van der Waals surface area (Å²) in [6, 6.07) is 7.07. The summed E-state index contributed by atoms with van der Waals surface area (Å²) in [5, 5.41) is 5.02. The van der Waals surface area contributed by atoms with Gasteiger partial charge in [0.05, 0.1) is 17.0 Å². The highest BCUT2D eigenvalue weighted by Gasteiger charge is 2.45. The van der Waals surface area contributed by atoms with Crippen LogP contribution in [0.2, 0.25) is 0 Å². The number of alkyl halides is 3. The molecular weight excluding hydrogens is 499 g/mol. The Bertz CT molecular complexity index is 1070. The molecule has 0 bridgehead atoms. The Labute approximate surface area is 220 Å². The lowest BCUT2D eigenvalue weighted by atomic mass is 9.71. The molecule has 1 saturated carbocycles. The maximum absolute atomic E-state index is 13.7. The van der Waals surface area contributed by atoms with Gasteiger partial charge in [-0.3, -0.25) is 9.59 Å². The first-order valence-corrected chi connectivity index (χ1v) is 14.0. The van der Waals surface area contributed by atoms with Gasteiger partial charge >= 0.3 is 6.18 Å². The van der Waals surface area contributed by atoms with Crippen LogP contribution < -0.4 is 11.1 Å². The van der Waals surface area contributed by atoms with Gasteiger partial charge in [0, 0.05) is 30.9 Å². The van der Waals surface area contributed by atoms with E-state index in [0.29, 0.717) is 30.0 Å². The van der Waals surface area contributed by atoms with Crippen LogP contribution in [-0.2, 0) is 27.6 Å². The fraction of sp³-hybridized carbons (Fsp3) is 0.571. The zero-order valence-electron chi connectivity index (χ0n) is 21.3. The van der Waals surface area contributed by atoms with Gasteiger partial charge in [0.25, 0.3) is 0 Å². The number of likely N-dealkylation sites (tertiary alicyclic amines) is 1. The van der Waals surface area contributed by atoms with Crippen LogP contribution in [-0.4, -0.2) is 42.4 Å². The van der Waals surface area contributed by atoms with Gasteiger partial charge in [0.1, 0.15) is 0 Å². The Morgan fingerprint density at radius 1 is 1.16 bits per heavy atom. The molecule has 2 amide bonds. The van der Waals surface area contributed by atoms with Crippen molar-refractivity contribution >= 4 is 23.2 Å². The van der Waals surface area contributed by atoms with Crippen molar-refractivity contribution < 1.29 is 22.8 Å². The second-order valence-corrected chi connectivity index (χ2v) is 11.6. The molecule has 9 heteroatoms. The normalized spacial score (nSPS) is 19.4. The molecule has 1 aliphatic heterocycles. The van der Waals surface area contributed by atoms with E-state index in [-0.39, 0.29) is 37.7 Å². The minimum atomic E-state index is -4.51. The van der Waals surface area contributed by atoms with E-state index in [1.165, 1.54) is 6.42 Å². The zero-order chi connectivity index (χ0) is 26.6. The van der Waals surface area contributed by atoms with Crippen LogP contribution in [0.3, 0.4) is 0 Å². The third-order valence-corrected chi connectivity index (χ3v) is 8.81. The number of benzene rings is 1. The Kier molecular flexibility index (Phi) is 8.63. The maximum atomic E-state index is 13.7. The van der Waals surface area contributed by atoms with Crippen molar-refractivity contribution in [2.45, 2.75) is 75.9 Å². The first kappa shape index (κ1) is 27.6. The van der Waals surface area contributed by atoms with Crippen molar-refractivity contribution in [1.82, 2.24) is 10.2 Å².